The largest absolute Gasteiger partial charge is 0.338 e. The van der Waals surface area contributed by atoms with Gasteiger partial charge in [0.25, 0.3) is 0 Å². The molecule has 49 heavy (non-hydrogen) atoms. The second kappa shape index (κ2) is 11.0. The first kappa shape index (κ1) is 27.5. The van der Waals surface area contributed by atoms with Crippen molar-refractivity contribution in [3.05, 3.63) is 170 Å². The molecule has 0 unspecified atom stereocenters. The Bertz CT molecular complexity index is 2830. The molecule has 3 nitrogen and oxygen atoms in total. The van der Waals surface area contributed by atoms with E-state index in [9.17, 15) is 0 Å². The van der Waals surface area contributed by atoms with Gasteiger partial charge in [-0.1, -0.05) is 140 Å². The number of para-hydroxylation sites is 3. The summed E-state index contributed by atoms with van der Waals surface area (Å²) < 4.78 is 0. The predicted molar refractivity (Wildman–Crippen MR) is 206 cm³/mol. The molecule has 1 N–H and O–H groups in total. The maximum Gasteiger partial charge on any atom is 0.138 e. The second-order valence-electron chi connectivity index (χ2n) is 12.7. The van der Waals surface area contributed by atoms with E-state index in [1.807, 2.05) is 18.2 Å². The summed E-state index contributed by atoms with van der Waals surface area (Å²) in [7, 11) is 0. The molecule has 2 heterocycles. The zero-order chi connectivity index (χ0) is 32.3. The highest BCUT2D eigenvalue weighted by Crippen LogP contribution is 2.42. The van der Waals surface area contributed by atoms with Crippen molar-refractivity contribution in [3.8, 4) is 44.9 Å². The third-order valence-corrected chi connectivity index (χ3v) is 9.81. The van der Waals surface area contributed by atoms with Crippen LogP contribution < -0.4 is 0 Å². The van der Waals surface area contributed by atoms with E-state index in [0.717, 1.165) is 44.6 Å². The van der Waals surface area contributed by atoms with Crippen molar-refractivity contribution in [2.24, 2.45) is 0 Å². The number of pyridine rings is 1. The zero-order valence-corrected chi connectivity index (χ0v) is 26.6. The molecule has 10 aromatic rings. The highest BCUT2D eigenvalue weighted by Gasteiger charge is 2.17. The van der Waals surface area contributed by atoms with Crippen LogP contribution in [0.15, 0.2) is 170 Å². The number of hydrogen-bond acceptors (Lipinski definition) is 2. The van der Waals surface area contributed by atoms with E-state index in [2.05, 4.69) is 157 Å². The normalized spacial score (nSPS) is 11.7. The molecule has 0 aliphatic heterocycles. The Hall–Kier alpha value is -6.58. The molecule has 0 fully saturated rings. The van der Waals surface area contributed by atoms with E-state index in [-0.39, 0.29) is 0 Å². The maximum absolute atomic E-state index is 5.31. The maximum atomic E-state index is 5.31. The predicted octanol–water partition coefficient (Wildman–Crippen LogP) is 12.2. The molecule has 8 aromatic carbocycles. The molecule has 2 aromatic heterocycles. The summed E-state index contributed by atoms with van der Waals surface area (Å²) in [5, 5.41) is 8.49. The lowest BCUT2D eigenvalue weighted by Crippen LogP contribution is -1.93. The Morgan fingerprint density at radius 1 is 0.367 bits per heavy atom. The Balaban J connectivity index is 1.11. The highest BCUT2D eigenvalue weighted by atomic mass is 14.9. The van der Waals surface area contributed by atoms with Crippen LogP contribution in [0, 0.1) is 0 Å². The van der Waals surface area contributed by atoms with E-state index in [0.29, 0.717) is 0 Å². The molecule has 0 bridgehead atoms. The molecule has 3 heteroatoms. The fraction of sp³-hybridized carbons (Fsp3) is 0. The van der Waals surface area contributed by atoms with Gasteiger partial charge in [-0.3, -0.25) is 0 Å². The number of nitrogens with zero attached hydrogens (tertiary/aromatic N) is 2. The number of aromatic nitrogens is 3. The third-order valence-electron chi connectivity index (χ3n) is 9.81. The first-order valence-electron chi connectivity index (χ1n) is 16.7. The van der Waals surface area contributed by atoms with Gasteiger partial charge >= 0.3 is 0 Å². The Labute approximate surface area is 283 Å². The van der Waals surface area contributed by atoms with Gasteiger partial charge in [0.05, 0.1) is 22.2 Å². The number of rotatable bonds is 4. The Kier molecular flexibility index (Phi) is 6.18. The fourth-order valence-electron chi connectivity index (χ4n) is 7.36. The molecule has 0 atom stereocenters. The number of H-pyrrole nitrogens is 1. The lowest BCUT2D eigenvalue weighted by molar-refractivity contribution is 1.34. The number of hydrogen-bond donors (Lipinski definition) is 1. The first-order valence-corrected chi connectivity index (χ1v) is 16.7. The lowest BCUT2D eigenvalue weighted by Gasteiger charge is -2.16. The number of aromatic amines is 1. The van der Waals surface area contributed by atoms with Gasteiger partial charge in [0, 0.05) is 27.3 Å². The number of nitrogens with one attached hydrogen (secondary N) is 1. The average molecular weight is 624 g/mol. The summed E-state index contributed by atoms with van der Waals surface area (Å²) in [4.78, 5) is 13.5. The minimum Gasteiger partial charge on any atom is -0.338 e. The Morgan fingerprint density at radius 2 is 0.959 bits per heavy atom. The zero-order valence-electron chi connectivity index (χ0n) is 26.6. The minimum absolute atomic E-state index is 0.886. The first-order chi connectivity index (χ1) is 24.3. The van der Waals surface area contributed by atoms with E-state index in [1.165, 1.54) is 54.6 Å². The molecule has 228 valence electrons. The fourth-order valence-corrected chi connectivity index (χ4v) is 7.36. The van der Waals surface area contributed by atoms with Crippen molar-refractivity contribution < 1.29 is 0 Å². The van der Waals surface area contributed by atoms with Crippen LogP contribution in [0.1, 0.15) is 0 Å². The van der Waals surface area contributed by atoms with Crippen molar-refractivity contribution >= 4 is 54.3 Å². The van der Waals surface area contributed by atoms with Crippen LogP contribution in [-0.2, 0) is 0 Å². The molecule has 0 radical (unpaired) electrons. The van der Waals surface area contributed by atoms with E-state index in [1.54, 1.807) is 0 Å². The van der Waals surface area contributed by atoms with E-state index in [4.69, 9.17) is 9.97 Å². The molecule has 0 aliphatic carbocycles. The molecule has 0 saturated heterocycles. The number of fused-ring (bicyclic) bond motifs is 7. The van der Waals surface area contributed by atoms with Crippen LogP contribution >= 0.6 is 0 Å². The quantitative estimate of drug-likeness (QED) is 0.198. The summed E-state index contributed by atoms with van der Waals surface area (Å²) in [5.74, 6) is 0.886. The van der Waals surface area contributed by atoms with Gasteiger partial charge in [-0.25, -0.2) is 9.97 Å². The molecule has 0 amide bonds. The third kappa shape index (κ3) is 4.59. The van der Waals surface area contributed by atoms with Crippen LogP contribution in [0.2, 0.25) is 0 Å². The lowest BCUT2D eigenvalue weighted by atomic mass is 9.89. The van der Waals surface area contributed by atoms with Gasteiger partial charge in [-0.05, 0) is 74.1 Å². The molecule has 0 spiro atoms. The SMILES string of the molecule is c1ccc2cc(-c3nc4ccccc4c4c3cc(-c3ccc(-c5ccc(-c6nc7ccccc7[nH]6)cc5)cc3)c3ccccc34)ccc2c1. The van der Waals surface area contributed by atoms with Gasteiger partial charge in [-0.2, -0.15) is 0 Å². The van der Waals surface area contributed by atoms with Crippen LogP contribution in [0.3, 0.4) is 0 Å². The van der Waals surface area contributed by atoms with Gasteiger partial charge in [-0.15, -0.1) is 0 Å². The van der Waals surface area contributed by atoms with Crippen LogP contribution in [0.4, 0.5) is 0 Å². The standard InChI is InChI=1S/C46H29N3/c1-2-10-34-27-35(26-21-29(34)9-1)45-40-28-39(36-11-3-4-12-37(36)44(40)38-13-5-6-14-41(38)47-45)32-22-17-30(18-23-32)31-19-24-33(25-20-31)46-48-42-15-7-8-16-43(42)49-46/h1-28H,(H,48,49). The summed E-state index contributed by atoms with van der Waals surface area (Å²) >= 11 is 0. The molecular formula is C46H29N3. The monoisotopic (exact) mass is 623 g/mol. The van der Waals surface area contributed by atoms with Crippen molar-refractivity contribution in [1.29, 1.82) is 0 Å². The highest BCUT2D eigenvalue weighted by molar-refractivity contribution is 6.25. The van der Waals surface area contributed by atoms with Gasteiger partial charge in [0.2, 0.25) is 0 Å². The summed E-state index contributed by atoms with van der Waals surface area (Å²) in [5.41, 5.74) is 11.0. The summed E-state index contributed by atoms with van der Waals surface area (Å²) in [6.45, 7) is 0. The van der Waals surface area contributed by atoms with Crippen LogP contribution in [-0.4, -0.2) is 15.0 Å². The van der Waals surface area contributed by atoms with Crippen molar-refractivity contribution in [2.45, 2.75) is 0 Å². The van der Waals surface area contributed by atoms with E-state index >= 15 is 0 Å². The second-order valence-corrected chi connectivity index (χ2v) is 12.7. The van der Waals surface area contributed by atoms with Gasteiger partial charge < -0.3 is 4.98 Å². The molecular weight excluding hydrogens is 595 g/mol. The van der Waals surface area contributed by atoms with Crippen molar-refractivity contribution in [1.82, 2.24) is 15.0 Å². The van der Waals surface area contributed by atoms with Gasteiger partial charge in [0.1, 0.15) is 5.82 Å². The average Bonchev–Trinajstić information content (AvgIpc) is 3.62. The van der Waals surface area contributed by atoms with E-state index < -0.39 is 0 Å². The summed E-state index contributed by atoms with van der Waals surface area (Å²) in [6, 6.07) is 60.6. The number of imidazole rings is 1. The molecule has 10 rings (SSSR count). The smallest absolute Gasteiger partial charge is 0.138 e. The Morgan fingerprint density at radius 3 is 1.73 bits per heavy atom. The topological polar surface area (TPSA) is 41.6 Å². The van der Waals surface area contributed by atoms with Crippen LogP contribution in [0.5, 0.6) is 0 Å². The molecule has 0 aliphatic rings. The minimum atomic E-state index is 0.886. The van der Waals surface area contributed by atoms with Crippen molar-refractivity contribution in [3.63, 3.8) is 0 Å². The molecule has 0 saturated carbocycles. The van der Waals surface area contributed by atoms with Crippen LogP contribution in [0.25, 0.3) is 99.2 Å². The number of benzene rings is 8. The van der Waals surface area contributed by atoms with Crippen molar-refractivity contribution in [2.75, 3.05) is 0 Å². The summed E-state index contributed by atoms with van der Waals surface area (Å²) in [6.07, 6.45) is 0. The van der Waals surface area contributed by atoms with Gasteiger partial charge in [0.15, 0.2) is 0 Å².